The zero-order chi connectivity index (χ0) is 30.1. The van der Waals surface area contributed by atoms with Gasteiger partial charge in [-0.1, -0.05) is 12.1 Å². The van der Waals surface area contributed by atoms with Gasteiger partial charge in [-0.15, -0.1) is 0 Å². The van der Waals surface area contributed by atoms with Crippen molar-refractivity contribution in [2.24, 2.45) is 11.8 Å². The van der Waals surface area contributed by atoms with E-state index < -0.39 is 41.6 Å². The number of aryl methyl sites for hydroxylation is 1. The molecule has 13 heteroatoms. The van der Waals surface area contributed by atoms with Gasteiger partial charge in [0.15, 0.2) is 11.6 Å². The molecule has 1 aliphatic rings. The Labute approximate surface area is 248 Å². The Kier molecular flexibility index (Phi) is 8.21. The maximum Gasteiger partial charge on any atom is 0.232 e. The Morgan fingerprint density at radius 1 is 1.07 bits per heavy atom. The number of carbonyl (C=O) groups excluding carboxylic acids is 4. The van der Waals surface area contributed by atoms with Gasteiger partial charge in [0.05, 0.1) is 17.5 Å². The zero-order valence-corrected chi connectivity index (χ0v) is 24.6. The summed E-state index contributed by atoms with van der Waals surface area (Å²) >= 11 is 3.23. The number of nitrogens with one attached hydrogen (secondary N) is 2. The third-order valence-electron chi connectivity index (χ3n) is 7.24. The van der Waals surface area contributed by atoms with Crippen molar-refractivity contribution in [3.8, 4) is 11.1 Å². The van der Waals surface area contributed by atoms with Crippen LogP contribution in [-0.2, 0) is 20.9 Å². The van der Waals surface area contributed by atoms with E-state index in [9.17, 15) is 19.2 Å². The average Bonchev–Trinajstić information content (AvgIpc) is 3.46. The number of carbonyl (C=O) groups is 4. The second-order valence-corrected chi connectivity index (χ2v) is 11.0. The number of Topliss-reactive ketones (excluding diaryl/α,β-unsaturated/α-hetero) is 2. The molecule has 1 fully saturated rings. The first-order valence-corrected chi connectivity index (χ1v) is 14.0. The summed E-state index contributed by atoms with van der Waals surface area (Å²) in [5.41, 5.74) is 2.22. The molecule has 0 aliphatic heterocycles. The van der Waals surface area contributed by atoms with Crippen LogP contribution >= 0.6 is 15.9 Å². The summed E-state index contributed by atoms with van der Waals surface area (Å²) in [6.07, 6.45) is 1.48. The molecular formula is C29H27BrFN7O4. The molecule has 0 spiro atoms. The van der Waals surface area contributed by atoms with E-state index in [1.165, 1.54) is 18.5 Å². The van der Waals surface area contributed by atoms with Crippen molar-refractivity contribution in [2.45, 2.75) is 46.0 Å². The standard InChI is InChI=1S/C29H27BrFN7O4/c1-14(39)28-19-9-17(18-11-32-15(2)33-12-18)7-8-22(19)38(37-28)13-23(41)20-10-21(34-16(3)40)27(31)26(20)29(42)36-25-6-4-5-24(30)35-25/h4-9,11-12,20-21,26-27H,10,13H2,1-3H3,(H,34,40)(H,35,36,42)/t20?,21-,26+,27+/m1/s1. The summed E-state index contributed by atoms with van der Waals surface area (Å²) < 4.78 is 17.5. The number of benzene rings is 1. The van der Waals surface area contributed by atoms with Crippen LogP contribution in [0.4, 0.5) is 10.2 Å². The number of pyridine rings is 1. The molecule has 3 heterocycles. The normalized spacial score (nSPS) is 19.9. The molecule has 11 nitrogen and oxygen atoms in total. The van der Waals surface area contributed by atoms with Gasteiger partial charge in [0.25, 0.3) is 0 Å². The number of halogens is 2. The van der Waals surface area contributed by atoms with E-state index in [-0.39, 0.29) is 30.3 Å². The summed E-state index contributed by atoms with van der Waals surface area (Å²) in [7, 11) is 0. The van der Waals surface area contributed by atoms with E-state index in [4.69, 9.17) is 0 Å². The van der Waals surface area contributed by atoms with E-state index in [2.05, 4.69) is 46.6 Å². The number of hydrogen-bond donors (Lipinski definition) is 2. The lowest BCUT2D eigenvalue weighted by atomic mass is 9.90. The highest BCUT2D eigenvalue weighted by molar-refractivity contribution is 9.10. The van der Waals surface area contributed by atoms with E-state index >= 15 is 4.39 Å². The smallest absolute Gasteiger partial charge is 0.232 e. The molecule has 5 rings (SSSR count). The van der Waals surface area contributed by atoms with Gasteiger partial charge in [-0.25, -0.2) is 19.3 Å². The van der Waals surface area contributed by atoms with Gasteiger partial charge in [0.1, 0.15) is 34.7 Å². The van der Waals surface area contributed by atoms with Crippen LogP contribution in [0.3, 0.4) is 0 Å². The highest BCUT2D eigenvalue weighted by atomic mass is 79.9. The molecule has 1 aliphatic carbocycles. The third-order valence-corrected chi connectivity index (χ3v) is 7.69. The quantitative estimate of drug-likeness (QED) is 0.219. The summed E-state index contributed by atoms with van der Waals surface area (Å²) in [4.78, 5) is 63.8. The van der Waals surface area contributed by atoms with E-state index in [0.717, 1.165) is 11.1 Å². The second-order valence-electron chi connectivity index (χ2n) is 10.2. The summed E-state index contributed by atoms with van der Waals surface area (Å²) in [6.45, 7) is 4.11. The fourth-order valence-electron chi connectivity index (χ4n) is 5.31. The lowest BCUT2D eigenvalue weighted by Gasteiger charge is -2.20. The van der Waals surface area contributed by atoms with Crippen LogP contribution in [0.15, 0.2) is 53.4 Å². The lowest BCUT2D eigenvalue weighted by molar-refractivity contribution is -0.131. The third kappa shape index (κ3) is 5.96. The number of nitrogens with zero attached hydrogens (tertiary/aromatic N) is 5. The Bertz CT molecular complexity index is 1710. The topological polar surface area (TPSA) is 149 Å². The second kappa shape index (κ2) is 11.8. The van der Waals surface area contributed by atoms with E-state index in [1.807, 2.05) is 6.07 Å². The first-order valence-electron chi connectivity index (χ1n) is 13.2. The zero-order valence-electron chi connectivity index (χ0n) is 23.0. The maximum absolute atomic E-state index is 15.7. The van der Waals surface area contributed by atoms with Crippen molar-refractivity contribution in [2.75, 3.05) is 5.32 Å². The summed E-state index contributed by atoms with van der Waals surface area (Å²) in [6, 6.07) is 9.19. The van der Waals surface area contributed by atoms with E-state index in [0.29, 0.717) is 21.3 Å². The first-order chi connectivity index (χ1) is 20.0. The maximum atomic E-state index is 15.7. The molecule has 216 valence electrons. The molecule has 42 heavy (non-hydrogen) atoms. The van der Waals surface area contributed by atoms with Gasteiger partial charge in [0, 0.05) is 43.1 Å². The molecule has 1 aromatic carbocycles. The van der Waals surface area contributed by atoms with Crippen LogP contribution in [-0.4, -0.2) is 60.3 Å². The SMILES string of the molecule is CC(=O)N[C@@H]1CC(C(=O)Cn2nc(C(C)=O)c3cc(-c4cnc(C)nc4)ccc32)[C@H](C(=O)Nc2cccc(Br)n2)[C@H]1F. The Hall–Kier alpha value is -4.39. The van der Waals surface area contributed by atoms with Crippen LogP contribution in [0.2, 0.25) is 0 Å². The number of rotatable bonds is 8. The van der Waals surface area contributed by atoms with Crippen molar-refractivity contribution in [3.05, 3.63) is 64.9 Å². The highest BCUT2D eigenvalue weighted by Crippen LogP contribution is 2.37. The molecule has 3 aromatic heterocycles. The molecule has 2 amide bonds. The highest BCUT2D eigenvalue weighted by Gasteiger charge is 2.51. The van der Waals surface area contributed by atoms with Crippen LogP contribution < -0.4 is 10.6 Å². The molecule has 0 saturated heterocycles. The lowest BCUT2D eigenvalue weighted by Crippen LogP contribution is -2.41. The number of aromatic nitrogens is 5. The minimum Gasteiger partial charge on any atom is -0.351 e. The average molecular weight is 636 g/mol. The van der Waals surface area contributed by atoms with Gasteiger partial charge in [-0.3, -0.25) is 23.9 Å². The minimum absolute atomic E-state index is 0.0695. The summed E-state index contributed by atoms with van der Waals surface area (Å²) in [5.74, 6) is -3.57. The molecule has 0 radical (unpaired) electrons. The van der Waals surface area contributed by atoms with Crippen molar-refractivity contribution in [1.29, 1.82) is 0 Å². The Balaban J connectivity index is 1.45. The van der Waals surface area contributed by atoms with Crippen LogP contribution in [0.5, 0.6) is 0 Å². The predicted octanol–water partition coefficient (Wildman–Crippen LogP) is 3.85. The fourth-order valence-corrected chi connectivity index (χ4v) is 5.66. The molecule has 1 unspecified atom stereocenters. The molecule has 2 N–H and O–H groups in total. The van der Waals surface area contributed by atoms with Crippen molar-refractivity contribution in [1.82, 2.24) is 30.0 Å². The van der Waals surface area contributed by atoms with Gasteiger partial charge in [-0.05, 0) is 59.1 Å². The number of hydrogen-bond acceptors (Lipinski definition) is 8. The minimum atomic E-state index is -1.81. The van der Waals surface area contributed by atoms with Crippen LogP contribution in [0.25, 0.3) is 22.0 Å². The van der Waals surface area contributed by atoms with Crippen molar-refractivity contribution in [3.63, 3.8) is 0 Å². The molecular weight excluding hydrogens is 609 g/mol. The monoisotopic (exact) mass is 635 g/mol. The largest absolute Gasteiger partial charge is 0.351 e. The predicted molar refractivity (Wildman–Crippen MR) is 155 cm³/mol. The number of fused-ring (bicyclic) bond motifs is 1. The molecule has 4 aromatic rings. The van der Waals surface area contributed by atoms with E-state index in [1.54, 1.807) is 49.6 Å². The van der Waals surface area contributed by atoms with Crippen molar-refractivity contribution < 1.29 is 23.6 Å². The molecule has 1 saturated carbocycles. The Morgan fingerprint density at radius 2 is 1.81 bits per heavy atom. The number of ketones is 2. The summed E-state index contributed by atoms with van der Waals surface area (Å²) in [5, 5.41) is 10.1. The van der Waals surface area contributed by atoms with Gasteiger partial charge in [-0.2, -0.15) is 5.10 Å². The van der Waals surface area contributed by atoms with Crippen molar-refractivity contribution >= 4 is 56.0 Å². The van der Waals surface area contributed by atoms with Crippen LogP contribution in [0.1, 0.15) is 36.6 Å². The van der Waals surface area contributed by atoms with Crippen LogP contribution in [0, 0.1) is 18.8 Å². The molecule has 0 bridgehead atoms. The molecule has 4 atom stereocenters. The van der Waals surface area contributed by atoms with Gasteiger partial charge in [0.2, 0.25) is 11.8 Å². The number of amides is 2. The van der Waals surface area contributed by atoms with Gasteiger partial charge >= 0.3 is 0 Å². The fraction of sp³-hybridized carbons (Fsp3) is 0.310. The van der Waals surface area contributed by atoms with Gasteiger partial charge < -0.3 is 10.6 Å². The number of anilines is 1. The Morgan fingerprint density at radius 3 is 2.48 bits per heavy atom. The first kappa shape index (κ1) is 29.1. The number of alkyl halides is 1.